The van der Waals surface area contributed by atoms with Crippen molar-refractivity contribution in [2.24, 2.45) is 0 Å². The molecule has 1 aromatic carbocycles. The lowest BCUT2D eigenvalue weighted by atomic mass is 10.2. The first-order valence-electron chi connectivity index (χ1n) is 4.93. The SMILES string of the molecule is O=CCC#Cc1ccc(-n2cccn2)cc1. The van der Waals surface area contributed by atoms with Crippen molar-refractivity contribution >= 4 is 6.29 Å². The van der Waals surface area contributed by atoms with Crippen LogP contribution in [0, 0.1) is 11.8 Å². The van der Waals surface area contributed by atoms with Gasteiger partial charge in [-0.1, -0.05) is 11.8 Å². The van der Waals surface area contributed by atoms with Crippen molar-refractivity contribution in [2.45, 2.75) is 6.42 Å². The van der Waals surface area contributed by atoms with Gasteiger partial charge in [0.15, 0.2) is 0 Å². The molecule has 0 radical (unpaired) electrons. The van der Waals surface area contributed by atoms with E-state index in [0.29, 0.717) is 0 Å². The maximum absolute atomic E-state index is 10.1. The lowest BCUT2D eigenvalue weighted by Gasteiger charge is -2.00. The molecule has 0 aliphatic heterocycles. The van der Waals surface area contributed by atoms with Gasteiger partial charge in [-0.05, 0) is 30.3 Å². The van der Waals surface area contributed by atoms with Gasteiger partial charge in [-0.3, -0.25) is 0 Å². The number of carbonyl (C=O) groups excluding carboxylic acids is 1. The first kappa shape index (κ1) is 10.2. The van der Waals surface area contributed by atoms with Crippen molar-refractivity contribution in [1.82, 2.24) is 9.78 Å². The molecule has 0 atom stereocenters. The van der Waals surface area contributed by atoms with Gasteiger partial charge in [-0.15, -0.1) is 0 Å². The third-order valence-corrected chi connectivity index (χ3v) is 2.05. The fraction of sp³-hybridized carbons (Fsp3) is 0.0769. The monoisotopic (exact) mass is 210 g/mol. The molecule has 0 amide bonds. The van der Waals surface area contributed by atoms with Crippen LogP contribution in [0.15, 0.2) is 42.7 Å². The summed E-state index contributed by atoms with van der Waals surface area (Å²) in [6, 6.07) is 9.58. The minimum Gasteiger partial charge on any atom is -0.302 e. The summed E-state index contributed by atoms with van der Waals surface area (Å²) in [5.41, 5.74) is 1.89. The summed E-state index contributed by atoms with van der Waals surface area (Å²) in [5.74, 6) is 5.67. The van der Waals surface area contributed by atoms with Crippen LogP contribution in [0.1, 0.15) is 12.0 Å². The van der Waals surface area contributed by atoms with Crippen molar-refractivity contribution in [3.8, 4) is 17.5 Å². The molecule has 3 nitrogen and oxygen atoms in total. The minimum absolute atomic E-state index is 0.279. The van der Waals surface area contributed by atoms with Crippen LogP contribution >= 0.6 is 0 Å². The van der Waals surface area contributed by atoms with E-state index in [1.165, 1.54) is 0 Å². The largest absolute Gasteiger partial charge is 0.302 e. The van der Waals surface area contributed by atoms with E-state index in [0.717, 1.165) is 17.5 Å². The third kappa shape index (κ3) is 2.37. The first-order valence-corrected chi connectivity index (χ1v) is 4.93. The summed E-state index contributed by atoms with van der Waals surface area (Å²) in [7, 11) is 0. The Morgan fingerprint density at radius 1 is 1.31 bits per heavy atom. The second-order valence-corrected chi connectivity index (χ2v) is 3.17. The van der Waals surface area contributed by atoms with Crippen molar-refractivity contribution in [1.29, 1.82) is 0 Å². The zero-order chi connectivity index (χ0) is 11.2. The van der Waals surface area contributed by atoms with Gasteiger partial charge in [-0.2, -0.15) is 5.10 Å². The summed E-state index contributed by atoms with van der Waals surface area (Å²) < 4.78 is 1.78. The zero-order valence-electron chi connectivity index (χ0n) is 8.63. The number of rotatable bonds is 2. The van der Waals surface area contributed by atoms with Crippen LogP contribution in [0.3, 0.4) is 0 Å². The van der Waals surface area contributed by atoms with E-state index in [1.54, 1.807) is 10.9 Å². The fourth-order valence-electron chi connectivity index (χ4n) is 1.31. The number of nitrogens with zero attached hydrogens (tertiary/aromatic N) is 2. The van der Waals surface area contributed by atoms with Crippen LogP contribution in [0.2, 0.25) is 0 Å². The number of aldehydes is 1. The average Bonchev–Trinajstić information content (AvgIpc) is 2.84. The molecule has 0 N–H and O–H groups in total. The van der Waals surface area contributed by atoms with Gasteiger partial charge in [0, 0.05) is 18.0 Å². The molecule has 16 heavy (non-hydrogen) atoms. The fourth-order valence-corrected chi connectivity index (χ4v) is 1.31. The quantitative estimate of drug-likeness (QED) is 0.559. The Kier molecular flexibility index (Phi) is 3.15. The molecule has 3 heteroatoms. The normalized spacial score (nSPS) is 9.25. The first-order chi connectivity index (χ1) is 7.90. The topological polar surface area (TPSA) is 34.9 Å². The van der Waals surface area contributed by atoms with E-state index >= 15 is 0 Å². The molecule has 1 heterocycles. The molecule has 0 bridgehead atoms. The molecule has 78 valence electrons. The standard InChI is InChI=1S/C13H10N2O/c16-11-2-1-4-12-5-7-13(8-6-12)15-10-3-9-14-15/h3,5-11H,2H2. The van der Waals surface area contributed by atoms with E-state index in [-0.39, 0.29) is 6.42 Å². The van der Waals surface area contributed by atoms with Gasteiger partial charge in [0.05, 0.1) is 12.1 Å². The molecular formula is C13H10N2O. The number of hydrogen-bond acceptors (Lipinski definition) is 2. The summed E-state index contributed by atoms with van der Waals surface area (Å²) in [5, 5.41) is 4.13. The van der Waals surface area contributed by atoms with Crippen molar-refractivity contribution in [3.05, 3.63) is 48.3 Å². The summed E-state index contributed by atoms with van der Waals surface area (Å²) in [6.07, 6.45) is 4.69. The van der Waals surface area contributed by atoms with Crippen molar-refractivity contribution in [3.63, 3.8) is 0 Å². The Labute approximate surface area is 93.7 Å². The van der Waals surface area contributed by atoms with Gasteiger partial charge >= 0.3 is 0 Å². The minimum atomic E-state index is 0.279. The molecule has 0 aliphatic rings. The summed E-state index contributed by atoms with van der Waals surface area (Å²) in [4.78, 5) is 10.1. The van der Waals surface area contributed by atoms with Gasteiger partial charge in [0.2, 0.25) is 0 Å². The smallest absolute Gasteiger partial charge is 0.131 e. The number of carbonyl (C=O) groups is 1. The molecular weight excluding hydrogens is 200 g/mol. The Morgan fingerprint density at radius 3 is 2.75 bits per heavy atom. The molecule has 0 aliphatic carbocycles. The zero-order valence-corrected chi connectivity index (χ0v) is 8.63. The predicted octanol–water partition coefficient (Wildman–Crippen LogP) is 1.81. The van der Waals surface area contributed by atoms with Gasteiger partial charge in [-0.25, -0.2) is 4.68 Å². The van der Waals surface area contributed by atoms with Crippen LogP contribution in [0.25, 0.3) is 5.69 Å². The number of hydrogen-bond donors (Lipinski definition) is 0. The van der Waals surface area contributed by atoms with Gasteiger partial charge in [0.1, 0.15) is 6.29 Å². The van der Waals surface area contributed by atoms with E-state index in [4.69, 9.17) is 0 Å². The highest BCUT2D eigenvalue weighted by atomic mass is 16.1. The van der Waals surface area contributed by atoms with Crippen LogP contribution in [0.5, 0.6) is 0 Å². The molecule has 0 spiro atoms. The van der Waals surface area contributed by atoms with Gasteiger partial charge < -0.3 is 4.79 Å². The lowest BCUT2D eigenvalue weighted by Crippen LogP contribution is -1.93. The highest BCUT2D eigenvalue weighted by Crippen LogP contribution is 2.07. The number of aromatic nitrogens is 2. The maximum Gasteiger partial charge on any atom is 0.131 e. The number of benzene rings is 1. The molecule has 2 rings (SSSR count). The Balaban J connectivity index is 2.18. The van der Waals surface area contributed by atoms with E-state index in [1.807, 2.05) is 36.5 Å². The van der Waals surface area contributed by atoms with Crippen molar-refractivity contribution in [2.75, 3.05) is 0 Å². The highest BCUT2D eigenvalue weighted by Gasteiger charge is 1.94. The van der Waals surface area contributed by atoms with Crippen LogP contribution < -0.4 is 0 Å². The molecule has 0 saturated carbocycles. The molecule has 2 aromatic rings. The second kappa shape index (κ2) is 4.94. The van der Waals surface area contributed by atoms with Crippen molar-refractivity contribution < 1.29 is 4.79 Å². The summed E-state index contributed by atoms with van der Waals surface area (Å²) in [6.45, 7) is 0. The average molecular weight is 210 g/mol. The van der Waals surface area contributed by atoms with E-state index < -0.39 is 0 Å². The molecule has 1 aromatic heterocycles. The predicted molar refractivity (Wildman–Crippen MR) is 61.1 cm³/mol. The summed E-state index contributed by atoms with van der Waals surface area (Å²) >= 11 is 0. The van der Waals surface area contributed by atoms with Crippen LogP contribution in [-0.4, -0.2) is 16.1 Å². The maximum atomic E-state index is 10.1. The Hall–Kier alpha value is -2.34. The third-order valence-electron chi connectivity index (χ3n) is 2.05. The Morgan fingerprint density at radius 2 is 2.12 bits per heavy atom. The molecule has 0 unspecified atom stereocenters. The van der Waals surface area contributed by atoms with Crippen LogP contribution in [-0.2, 0) is 4.79 Å². The lowest BCUT2D eigenvalue weighted by molar-refractivity contribution is -0.107. The van der Waals surface area contributed by atoms with Crippen LogP contribution in [0.4, 0.5) is 0 Å². The second-order valence-electron chi connectivity index (χ2n) is 3.17. The highest BCUT2D eigenvalue weighted by molar-refractivity contribution is 5.55. The van der Waals surface area contributed by atoms with E-state index in [2.05, 4.69) is 16.9 Å². The molecule has 0 saturated heterocycles. The van der Waals surface area contributed by atoms with Gasteiger partial charge in [0.25, 0.3) is 0 Å². The molecule has 0 fully saturated rings. The van der Waals surface area contributed by atoms with E-state index in [9.17, 15) is 4.79 Å². The Bertz CT molecular complexity index is 515.